The van der Waals surface area contributed by atoms with Crippen molar-refractivity contribution in [3.05, 3.63) is 132 Å². The molecule has 0 aliphatic heterocycles. The fraction of sp³-hybridized carbons (Fsp3) is 0.292. The van der Waals surface area contributed by atoms with Crippen molar-refractivity contribution in [3.8, 4) is 45.2 Å². The number of fused-ring (bicyclic) bond motifs is 2. The largest absolute Gasteiger partial charge is 0.507 e. The lowest BCUT2D eigenvalue weighted by Gasteiger charge is -2.28. The van der Waals surface area contributed by atoms with Crippen LogP contribution < -0.4 is 0 Å². The Bertz CT molecular complexity index is 2420. The van der Waals surface area contributed by atoms with Crippen LogP contribution in [0.15, 0.2) is 109 Å². The number of phenolic OH excluding ortho intramolecular Hbond substituents is 1. The molecule has 0 unspecified atom stereocenters. The van der Waals surface area contributed by atoms with Crippen LogP contribution in [0.2, 0.25) is 0 Å². The number of benzene rings is 5. The lowest BCUT2D eigenvalue weighted by Crippen LogP contribution is -2.17. The summed E-state index contributed by atoms with van der Waals surface area (Å²) >= 11 is 0. The zero-order valence-corrected chi connectivity index (χ0v) is 32.3. The van der Waals surface area contributed by atoms with E-state index in [2.05, 4.69) is 171 Å². The molecule has 7 aromatic rings. The van der Waals surface area contributed by atoms with E-state index >= 15 is 0 Å². The van der Waals surface area contributed by atoms with E-state index in [0.29, 0.717) is 0 Å². The van der Waals surface area contributed by atoms with Crippen LogP contribution in [0.5, 0.6) is 5.75 Å². The SMILES string of the molecule is CC(C)c1cccc(C(C)C)c1-n1c(-c2cc(C(C)(C)C)cc(C(C)(C)C)c2O)nc2c(-c3cccc(-c4cc5ccccc5cn4)c3)cccc21. The number of para-hydroxylation sites is 2. The third-order valence-corrected chi connectivity index (χ3v) is 10.4. The predicted molar refractivity (Wildman–Crippen MR) is 220 cm³/mol. The molecule has 0 amide bonds. The molecule has 0 aliphatic carbocycles. The Balaban J connectivity index is 1.56. The van der Waals surface area contributed by atoms with Gasteiger partial charge in [0, 0.05) is 28.3 Å². The van der Waals surface area contributed by atoms with Crippen molar-refractivity contribution >= 4 is 21.8 Å². The van der Waals surface area contributed by atoms with Crippen LogP contribution in [0, 0.1) is 0 Å². The van der Waals surface area contributed by atoms with Gasteiger partial charge in [-0.25, -0.2) is 4.98 Å². The van der Waals surface area contributed by atoms with Crippen molar-refractivity contribution in [2.24, 2.45) is 0 Å². The minimum absolute atomic E-state index is 0.138. The van der Waals surface area contributed by atoms with Crippen molar-refractivity contribution < 1.29 is 5.11 Å². The Morgan fingerprint density at radius 1 is 0.615 bits per heavy atom. The molecule has 0 bridgehead atoms. The van der Waals surface area contributed by atoms with Crippen LogP contribution in [0.4, 0.5) is 0 Å². The second kappa shape index (κ2) is 13.1. The minimum atomic E-state index is -0.279. The van der Waals surface area contributed by atoms with Gasteiger partial charge in [0.15, 0.2) is 0 Å². The topological polar surface area (TPSA) is 50.9 Å². The summed E-state index contributed by atoms with van der Waals surface area (Å²) < 4.78 is 2.34. The summed E-state index contributed by atoms with van der Waals surface area (Å²) in [7, 11) is 0. The molecule has 0 atom stereocenters. The first kappa shape index (κ1) is 35.2. The summed E-state index contributed by atoms with van der Waals surface area (Å²) in [5.41, 5.74) is 12.1. The van der Waals surface area contributed by atoms with Gasteiger partial charge < -0.3 is 5.11 Å². The molecular formula is C48H51N3O. The molecule has 4 heteroatoms. The predicted octanol–water partition coefficient (Wildman–Crippen LogP) is 13.1. The zero-order chi connectivity index (χ0) is 37.1. The van der Waals surface area contributed by atoms with E-state index in [1.165, 1.54) is 22.1 Å². The fourth-order valence-corrected chi connectivity index (χ4v) is 7.41. The van der Waals surface area contributed by atoms with Gasteiger partial charge in [-0.05, 0) is 74.6 Å². The molecule has 7 rings (SSSR count). The van der Waals surface area contributed by atoms with Gasteiger partial charge in [-0.3, -0.25) is 9.55 Å². The second-order valence-corrected chi connectivity index (χ2v) is 17.0. The summed E-state index contributed by atoms with van der Waals surface area (Å²) in [6.45, 7) is 22.2. The van der Waals surface area contributed by atoms with Crippen LogP contribution in [0.3, 0.4) is 0 Å². The molecule has 1 N–H and O–H groups in total. The van der Waals surface area contributed by atoms with Gasteiger partial charge >= 0.3 is 0 Å². The van der Waals surface area contributed by atoms with Crippen LogP contribution in [0.1, 0.15) is 103 Å². The van der Waals surface area contributed by atoms with Gasteiger partial charge in [-0.15, -0.1) is 0 Å². The van der Waals surface area contributed by atoms with Crippen molar-refractivity contribution in [2.45, 2.75) is 91.9 Å². The minimum Gasteiger partial charge on any atom is -0.507 e. The zero-order valence-electron chi connectivity index (χ0n) is 32.3. The maximum Gasteiger partial charge on any atom is 0.149 e. The Morgan fingerprint density at radius 2 is 1.25 bits per heavy atom. The average Bonchev–Trinajstić information content (AvgIpc) is 3.49. The first-order valence-electron chi connectivity index (χ1n) is 18.6. The molecule has 0 saturated heterocycles. The van der Waals surface area contributed by atoms with Gasteiger partial charge in [0.2, 0.25) is 0 Å². The number of pyridine rings is 1. The molecule has 4 nitrogen and oxygen atoms in total. The summed E-state index contributed by atoms with van der Waals surface area (Å²) in [6.07, 6.45) is 1.95. The molecule has 52 heavy (non-hydrogen) atoms. The molecule has 0 fully saturated rings. The summed E-state index contributed by atoms with van der Waals surface area (Å²) in [6, 6.07) is 36.6. The molecule has 0 saturated carbocycles. The smallest absolute Gasteiger partial charge is 0.149 e. The van der Waals surface area contributed by atoms with Gasteiger partial charge in [-0.1, -0.05) is 148 Å². The molecule has 0 spiro atoms. The van der Waals surface area contributed by atoms with Gasteiger partial charge in [0.1, 0.15) is 11.6 Å². The van der Waals surface area contributed by atoms with E-state index < -0.39 is 0 Å². The highest BCUT2D eigenvalue weighted by atomic mass is 16.3. The Labute approximate surface area is 309 Å². The van der Waals surface area contributed by atoms with Gasteiger partial charge in [-0.2, -0.15) is 0 Å². The van der Waals surface area contributed by atoms with Gasteiger partial charge in [0.05, 0.1) is 28.0 Å². The Kier molecular flexibility index (Phi) is 8.85. The van der Waals surface area contributed by atoms with E-state index in [9.17, 15) is 5.11 Å². The average molecular weight is 686 g/mol. The highest BCUT2D eigenvalue weighted by molar-refractivity contribution is 5.97. The van der Waals surface area contributed by atoms with E-state index in [4.69, 9.17) is 9.97 Å². The summed E-state index contributed by atoms with van der Waals surface area (Å²) in [5, 5.41) is 14.6. The van der Waals surface area contributed by atoms with Crippen molar-refractivity contribution in [1.29, 1.82) is 0 Å². The number of phenols is 1. The Hall–Kier alpha value is -5.22. The first-order chi connectivity index (χ1) is 24.6. The third-order valence-electron chi connectivity index (χ3n) is 10.4. The van der Waals surface area contributed by atoms with E-state index in [0.717, 1.165) is 61.4 Å². The standard InChI is InChI=1S/C48H51N3O/c1-29(2)36-20-14-21-37(30(3)4)44(36)51-42-23-15-22-38(32-18-13-19-33(24-32)41-25-31-16-11-12-17-34(31)28-49-41)43(42)50-46(51)39-26-35(47(5,6)7)27-40(45(39)52)48(8,9)10/h11-30,52H,1-10H3. The molecule has 264 valence electrons. The molecule has 5 aromatic carbocycles. The van der Waals surface area contributed by atoms with E-state index in [-0.39, 0.29) is 28.4 Å². The number of nitrogens with zero attached hydrogens (tertiary/aromatic N) is 3. The van der Waals surface area contributed by atoms with Crippen LogP contribution in [-0.4, -0.2) is 19.6 Å². The number of aromatic nitrogens is 3. The lowest BCUT2D eigenvalue weighted by molar-refractivity contribution is 0.446. The van der Waals surface area contributed by atoms with E-state index in [1.54, 1.807) is 0 Å². The van der Waals surface area contributed by atoms with Gasteiger partial charge in [0.25, 0.3) is 0 Å². The van der Waals surface area contributed by atoms with Crippen molar-refractivity contribution in [1.82, 2.24) is 14.5 Å². The molecule has 0 radical (unpaired) electrons. The monoisotopic (exact) mass is 685 g/mol. The molecule has 2 heterocycles. The number of imidazole rings is 1. The number of hydrogen-bond acceptors (Lipinski definition) is 3. The molecule has 0 aliphatic rings. The first-order valence-corrected chi connectivity index (χ1v) is 18.6. The summed E-state index contributed by atoms with van der Waals surface area (Å²) in [5.74, 6) is 1.58. The quantitative estimate of drug-likeness (QED) is 0.190. The number of rotatable bonds is 6. The second-order valence-electron chi connectivity index (χ2n) is 17.0. The van der Waals surface area contributed by atoms with Crippen LogP contribution >= 0.6 is 0 Å². The summed E-state index contributed by atoms with van der Waals surface area (Å²) in [4.78, 5) is 10.4. The number of aromatic hydroxyl groups is 1. The van der Waals surface area contributed by atoms with Crippen LogP contribution in [-0.2, 0) is 10.8 Å². The highest BCUT2D eigenvalue weighted by Gasteiger charge is 2.30. The Morgan fingerprint density at radius 3 is 1.90 bits per heavy atom. The molecule has 2 aromatic heterocycles. The fourth-order valence-electron chi connectivity index (χ4n) is 7.41. The maximum absolute atomic E-state index is 12.3. The third kappa shape index (κ3) is 6.29. The maximum atomic E-state index is 12.3. The normalized spacial score (nSPS) is 12.5. The highest BCUT2D eigenvalue weighted by Crippen LogP contribution is 2.46. The molecular weight excluding hydrogens is 635 g/mol. The lowest BCUT2D eigenvalue weighted by atomic mass is 9.79. The van der Waals surface area contributed by atoms with Crippen molar-refractivity contribution in [3.63, 3.8) is 0 Å². The van der Waals surface area contributed by atoms with Crippen LogP contribution in [0.25, 0.3) is 61.3 Å². The van der Waals surface area contributed by atoms with Crippen molar-refractivity contribution in [2.75, 3.05) is 0 Å². The van der Waals surface area contributed by atoms with E-state index in [1.807, 2.05) is 12.3 Å². The number of hydrogen-bond donors (Lipinski definition) is 1.